The molecule has 0 aliphatic rings. The Labute approximate surface area is 169 Å². The highest BCUT2D eigenvalue weighted by Gasteiger charge is 2.31. The highest BCUT2D eigenvalue weighted by molar-refractivity contribution is 6.54. The first-order valence-electron chi connectivity index (χ1n) is 7.28. The SMILES string of the molecule is CC(O)CC(COCCO)OC(=O)c1c(Cl)c(Cl)c(Cl)c(Cl)c1C(=O)O. The van der Waals surface area contributed by atoms with Crippen LogP contribution in [0.15, 0.2) is 0 Å². The van der Waals surface area contributed by atoms with Crippen molar-refractivity contribution in [3.05, 3.63) is 31.2 Å². The van der Waals surface area contributed by atoms with Crippen LogP contribution in [0.4, 0.5) is 0 Å². The van der Waals surface area contributed by atoms with Gasteiger partial charge in [-0.1, -0.05) is 46.4 Å². The number of ether oxygens (including phenoxy) is 2. The largest absolute Gasteiger partial charge is 0.478 e. The fraction of sp³-hybridized carbons (Fsp3) is 0.467. The van der Waals surface area contributed by atoms with Gasteiger partial charge in [-0.25, -0.2) is 9.59 Å². The molecule has 0 aliphatic carbocycles. The van der Waals surface area contributed by atoms with Crippen LogP contribution in [0.2, 0.25) is 20.1 Å². The van der Waals surface area contributed by atoms with Crippen LogP contribution in [0.3, 0.4) is 0 Å². The molecule has 0 bridgehead atoms. The second kappa shape index (κ2) is 10.5. The molecule has 1 aromatic rings. The molecule has 2 unspecified atom stereocenters. The second-order valence-corrected chi connectivity index (χ2v) is 6.73. The summed E-state index contributed by atoms with van der Waals surface area (Å²) in [5.41, 5.74) is -1.21. The normalized spacial score (nSPS) is 13.3. The molecule has 0 amide bonds. The number of carboxylic acids is 1. The topological polar surface area (TPSA) is 113 Å². The Balaban J connectivity index is 3.23. The third kappa shape index (κ3) is 5.85. The Hall–Kier alpha value is -0.800. The van der Waals surface area contributed by atoms with E-state index in [1.54, 1.807) is 0 Å². The molecule has 2 atom stereocenters. The monoisotopic (exact) mass is 448 g/mol. The van der Waals surface area contributed by atoms with Gasteiger partial charge in [-0.2, -0.15) is 0 Å². The third-order valence-corrected chi connectivity index (χ3v) is 4.90. The van der Waals surface area contributed by atoms with Gasteiger partial charge in [0.15, 0.2) is 0 Å². The highest BCUT2D eigenvalue weighted by atomic mass is 35.5. The molecule has 0 fully saturated rings. The van der Waals surface area contributed by atoms with Crippen LogP contribution in [0.25, 0.3) is 0 Å². The molecular weight excluding hydrogens is 434 g/mol. The van der Waals surface area contributed by atoms with Crippen molar-refractivity contribution in [1.29, 1.82) is 0 Å². The lowest BCUT2D eigenvalue weighted by molar-refractivity contribution is -0.0249. The smallest absolute Gasteiger partial charge is 0.341 e. The number of rotatable bonds is 9. The van der Waals surface area contributed by atoms with E-state index in [1.807, 2.05) is 0 Å². The molecule has 0 aliphatic heterocycles. The van der Waals surface area contributed by atoms with Gasteiger partial charge >= 0.3 is 11.9 Å². The van der Waals surface area contributed by atoms with Gasteiger partial charge in [0.2, 0.25) is 0 Å². The van der Waals surface area contributed by atoms with E-state index in [0.29, 0.717) is 0 Å². The Morgan fingerprint density at radius 2 is 1.58 bits per heavy atom. The number of aliphatic hydroxyl groups excluding tert-OH is 2. The lowest BCUT2D eigenvalue weighted by Crippen LogP contribution is -2.29. The van der Waals surface area contributed by atoms with Crippen molar-refractivity contribution in [2.45, 2.75) is 25.6 Å². The van der Waals surface area contributed by atoms with E-state index in [9.17, 15) is 19.8 Å². The number of esters is 1. The van der Waals surface area contributed by atoms with Gasteiger partial charge < -0.3 is 24.8 Å². The molecule has 146 valence electrons. The average Bonchev–Trinajstić information content (AvgIpc) is 2.55. The van der Waals surface area contributed by atoms with Crippen molar-refractivity contribution in [3.63, 3.8) is 0 Å². The summed E-state index contributed by atoms with van der Waals surface area (Å²) in [5.74, 6) is -2.67. The van der Waals surface area contributed by atoms with Crippen LogP contribution in [-0.2, 0) is 9.47 Å². The lowest BCUT2D eigenvalue weighted by Gasteiger charge is -2.21. The van der Waals surface area contributed by atoms with Crippen molar-refractivity contribution in [2.24, 2.45) is 0 Å². The zero-order chi connectivity index (χ0) is 20.0. The molecule has 0 aromatic heterocycles. The van der Waals surface area contributed by atoms with Crippen LogP contribution in [0.5, 0.6) is 0 Å². The number of aromatic carboxylic acids is 1. The number of carboxylic acid groups (broad SMARTS) is 1. The van der Waals surface area contributed by atoms with Crippen molar-refractivity contribution in [1.82, 2.24) is 0 Å². The molecule has 1 rings (SSSR count). The molecule has 0 saturated heterocycles. The molecule has 0 heterocycles. The summed E-state index contributed by atoms with van der Waals surface area (Å²) in [7, 11) is 0. The minimum atomic E-state index is -1.55. The first-order chi connectivity index (χ1) is 12.1. The zero-order valence-electron chi connectivity index (χ0n) is 13.5. The summed E-state index contributed by atoms with van der Waals surface area (Å²) >= 11 is 23.6. The summed E-state index contributed by atoms with van der Waals surface area (Å²) in [6.07, 6.45) is -1.76. The number of hydrogen-bond acceptors (Lipinski definition) is 6. The number of aliphatic hydroxyl groups is 2. The molecule has 0 radical (unpaired) electrons. The number of benzene rings is 1. The number of hydrogen-bond donors (Lipinski definition) is 3. The average molecular weight is 450 g/mol. The quantitative estimate of drug-likeness (QED) is 0.229. The summed E-state index contributed by atoms with van der Waals surface area (Å²) in [6, 6.07) is 0. The predicted octanol–water partition coefficient (Wildman–Crippen LogP) is 3.30. The molecule has 3 N–H and O–H groups in total. The predicted molar refractivity (Wildman–Crippen MR) is 96.8 cm³/mol. The van der Waals surface area contributed by atoms with Gasteiger partial charge in [0.05, 0.1) is 57.1 Å². The fourth-order valence-corrected chi connectivity index (χ4v) is 3.06. The summed E-state index contributed by atoms with van der Waals surface area (Å²) < 4.78 is 10.3. The summed E-state index contributed by atoms with van der Waals surface area (Å²) in [6.45, 7) is 1.09. The second-order valence-electron chi connectivity index (χ2n) is 5.22. The van der Waals surface area contributed by atoms with E-state index in [4.69, 9.17) is 61.0 Å². The molecule has 7 nitrogen and oxygen atoms in total. The number of carbonyl (C=O) groups is 2. The molecule has 0 spiro atoms. The Morgan fingerprint density at radius 1 is 1.04 bits per heavy atom. The fourth-order valence-electron chi connectivity index (χ4n) is 2.04. The first-order valence-corrected chi connectivity index (χ1v) is 8.79. The Kier molecular flexibility index (Phi) is 9.40. The van der Waals surface area contributed by atoms with Gasteiger partial charge in [-0.15, -0.1) is 0 Å². The zero-order valence-corrected chi connectivity index (χ0v) is 16.5. The Morgan fingerprint density at radius 3 is 2.04 bits per heavy atom. The highest BCUT2D eigenvalue weighted by Crippen LogP contribution is 2.42. The van der Waals surface area contributed by atoms with E-state index in [-0.39, 0.29) is 36.3 Å². The van der Waals surface area contributed by atoms with E-state index >= 15 is 0 Å². The van der Waals surface area contributed by atoms with E-state index < -0.39 is 45.3 Å². The van der Waals surface area contributed by atoms with Gasteiger partial charge in [0.25, 0.3) is 0 Å². The molecular formula is C15H16Cl4O7. The standard InChI is InChI=1S/C15H16Cl4O7/c1-6(21)4-7(5-25-3-2-20)26-15(24)9-8(14(22)23)10(16)12(18)13(19)11(9)17/h6-7,20-21H,2-5H2,1H3,(H,22,23). The lowest BCUT2D eigenvalue weighted by atomic mass is 10.1. The summed E-state index contributed by atoms with van der Waals surface area (Å²) in [4.78, 5) is 24.0. The van der Waals surface area contributed by atoms with Crippen LogP contribution in [-0.4, -0.2) is 59.3 Å². The van der Waals surface area contributed by atoms with E-state index in [2.05, 4.69) is 0 Å². The van der Waals surface area contributed by atoms with Crippen LogP contribution in [0, 0.1) is 0 Å². The van der Waals surface area contributed by atoms with Crippen molar-refractivity contribution >= 4 is 58.3 Å². The maximum atomic E-state index is 12.5. The minimum Gasteiger partial charge on any atom is -0.478 e. The van der Waals surface area contributed by atoms with E-state index in [1.165, 1.54) is 6.92 Å². The van der Waals surface area contributed by atoms with Gasteiger partial charge in [-0.05, 0) is 6.92 Å². The van der Waals surface area contributed by atoms with Crippen LogP contribution >= 0.6 is 46.4 Å². The van der Waals surface area contributed by atoms with Crippen molar-refractivity contribution in [2.75, 3.05) is 19.8 Å². The molecule has 26 heavy (non-hydrogen) atoms. The number of carbonyl (C=O) groups excluding carboxylic acids is 1. The van der Waals surface area contributed by atoms with Crippen LogP contribution < -0.4 is 0 Å². The molecule has 0 saturated carbocycles. The maximum Gasteiger partial charge on any atom is 0.341 e. The first kappa shape index (κ1) is 23.2. The van der Waals surface area contributed by atoms with E-state index in [0.717, 1.165) is 0 Å². The number of halogens is 4. The van der Waals surface area contributed by atoms with Crippen molar-refractivity contribution in [3.8, 4) is 0 Å². The molecule has 11 heteroatoms. The van der Waals surface area contributed by atoms with Crippen LogP contribution in [0.1, 0.15) is 34.1 Å². The molecule has 1 aromatic carbocycles. The van der Waals surface area contributed by atoms with Gasteiger partial charge in [0.1, 0.15) is 6.10 Å². The maximum absolute atomic E-state index is 12.5. The Bertz CT molecular complexity index is 679. The van der Waals surface area contributed by atoms with Gasteiger partial charge in [0, 0.05) is 6.42 Å². The third-order valence-electron chi connectivity index (χ3n) is 3.10. The minimum absolute atomic E-state index is 0.00620. The van der Waals surface area contributed by atoms with Crippen molar-refractivity contribution < 1.29 is 34.4 Å². The van der Waals surface area contributed by atoms with Gasteiger partial charge in [-0.3, -0.25) is 0 Å². The summed E-state index contributed by atoms with van der Waals surface area (Å²) in [5, 5.41) is 26.1.